The quantitative estimate of drug-likeness (QED) is 0.809. The Morgan fingerprint density at radius 1 is 1.32 bits per heavy atom. The highest BCUT2D eigenvalue weighted by molar-refractivity contribution is 7.94. The van der Waals surface area contributed by atoms with E-state index >= 15 is 0 Å². The fourth-order valence-electron chi connectivity index (χ4n) is 3.48. The lowest BCUT2D eigenvalue weighted by atomic mass is 10.0. The molecule has 1 aromatic rings. The van der Waals surface area contributed by atoms with Crippen LogP contribution in [0.4, 0.5) is 5.69 Å². The van der Waals surface area contributed by atoms with Crippen molar-refractivity contribution in [2.45, 2.75) is 24.2 Å². The predicted octanol–water partition coefficient (Wildman–Crippen LogP) is 0.842. The molecule has 1 spiro atoms. The SMILES string of the molecule is CO[C@@H]1CN(c2ccccc2)S(=O)(=O)[C@@]12CCN(C(C)=O)C2. The second-order valence-electron chi connectivity index (χ2n) is 5.85. The number of amides is 1. The van der Waals surface area contributed by atoms with Crippen molar-refractivity contribution in [3.63, 3.8) is 0 Å². The second-order valence-corrected chi connectivity index (χ2v) is 8.06. The molecule has 3 rings (SSSR count). The molecule has 2 saturated heterocycles. The number of hydrogen-bond acceptors (Lipinski definition) is 4. The molecule has 0 unspecified atom stereocenters. The van der Waals surface area contributed by atoms with Crippen LogP contribution in [-0.4, -0.2) is 56.8 Å². The fourth-order valence-corrected chi connectivity index (χ4v) is 5.82. The normalized spacial score (nSPS) is 30.2. The van der Waals surface area contributed by atoms with E-state index < -0.39 is 20.9 Å². The minimum Gasteiger partial charge on any atom is -0.378 e. The third-order valence-electron chi connectivity index (χ3n) is 4.76. The topological polar surface area (TPSA) is 66.9 Å². The van der Waals surface area contributed by atoms with E-state index in [4.69, 9.17) is 4.74 Å². The molecule has 2 aliphatic rings. The third-order valence-corrected chi connectivity index (χ3v) is 7.32. The van der Waals surface area contributed by atoms with Crippen molar-refractivity contribution in [2.75, 3.05) is 31.0 Å². The second kappa shape index (κ2) is 5.24. The van der Waals surface area contributed by atoms with Crippen molar-refractivity contribution in [1.29, 1.82) is 0 Å². The smallest absolute Gasteiger partial charge is 0.245 e. The van der Waals surface area contributed by atoms with Gasteiger partial charge in [0.1, 0.15) is 4.75 Å². The molecule has 0 N–H and O–H groups in total. The summed E-state index contributed by atoms with van der Waals surface area (Å²) in [6, 6.07) is 9.03. The minimum absolute atomic E-state index is 0.0971. The summed E-state index contributed by atoms with van der Waals surface area (Å²) in [6.07, 6.45) is -0.0291. The van der Waals surface area contributed by atoms with Gasteiger partial charge in [0.2, 0.25) is 15.9 Å². The summed E-state index contributed by atoms with van der Waals surface area (Å²) in [5, 5.41) is 0. The zero-order valence-corrected chi connectivity index (χ0v) is 13.5. The van der Waals surface area contributed by atoms with Crippen LogP contribution in [0.3, 0.4) is 0 Å². The lowest BCUT2D eigenvalue weighted by molar-refractivity contribution is -0.127. The Morgan fingerprint density at radius 2 is 2.00 bits per heavy atom. The number of para-hydroxylation sites is 1. The zero-order chi connectivity index (χ0) is 16.0. The van der Waals surface area contributed by atoms with Crippen LogP contribution in [-0.2, 0) is 19.6 Å². The molecule has 22 heavy (non-hydrogen) atoms. The van der Waals surface area contributed by atoms with E-state index in [1.54, 1.807) is 17.0 Å². The molecule has 0 saturated carbocycles. The number of nitrogens with zero attached hydrogens (tertiary/aromatic N) is 2. The van der Waals surface area contributed by atoms with Gasteiger partial charge in [0, 0.05) is 27.1 Å². The first-order valence-corrected chi connectivity index (χ1v) is 8.72. The standard InChI is InChI=1S/C15H20N2O4S/c1-12(18)16-9-8-15(11-16)14(21-2)10-17(22(15,19)20)13-6-4-3-5-7-13/h3-7,14H,8-11H2,1-2H3/t14-,15-/m1/s1. The van der Waals surface area contributed by atoms with E-state index in [1.165, 1.54) is 18.3 Å². The Morgan fingerprint density at radius 3 is 2.55 bits per heavy atom. The van der Waals surface area contributed by atoms with Gasteiger partial charge in [-0.05, 0) is 18.6 Å². The molecule has 6 nitrogen and oxygen atoms in total. The minimum atomic E-state index is -3.59. The van der Waals surface area contributed by atoms with Crippen LogP contribution in [0.2, 0.25) is 0 Å². The van der Waals surface area contributed by atoms with Crippen molar-refractivity contribution in [3.8, 4) is 0 Å². The van der Waals surface area contributed by atoms with Gasteiger partial charge in [-0.25, -0.2) is 8.42 Å². The summed E-state index contributed by atoms with van der Waals surface area (Å²) < 4.78 is 32.2. The Labute approximate surface area is 130 Å². The maximum atomic E-state index is 13.2. The summed E-state index contributed by atoms with van der Waals surface area (Å²) >= 11 is 0. The Hall–Kier alpha value is -1.60. The highest BCUT2D eigenvalue weighted by Gasteiger charge is 2.62. The maximum Gasteiger partial charge on any atom is 0.245 e. The Kier molecular flexibility index (Phi) is 3.65. The van der Waals surface area contributed by atoms with Crippen molar-refractivity contribution in [1.82, 2.24) is 4.90 Å². The monoisotopic (exact) mass is 324 g/mol. The number of carbonyl (C=O) groups excluding carboxylic acids is 1. The van der Waals surface area contributed by atoms with Crippen molar-refractivity contribution in [3.05, 3.63) is 30.3 Å². The van der Waals surface area contributed by atoms with Gasteiger partial charge in [-0.15, -0.1) is 0 Å². The molecule has 2 fully saturated rings. The predicted molar refractivity (Wildman–Crippen MR) is 83.1 cm³/mol. The maximum absolute atomic E-state index is 13.2. The number of carbonyl (C=O) groups is 1. The third kappa shape index (κ3) is 2.03. The van der Waals surface area contributed by atoms with Crippen LogP contribution in [0, 0.1) is 0 Å². The first-order chi connectivity index (χ1) is 10.4. The fraction of sp³-hybridized carbons (Fsp3) is 0.533. The molecule has 2 atom stereocenters. The molecule has 120 valence electrons. The average Bonchev–Trinajstić information content (AvgIpc) is 3.03. The van der Waals surface area contributed by atoms with E-state index in [0.717, 1.165) is 0 Å². The molecule has 2 aliphatic heterocycles. The summed E-state index contributed by atoms with van der Waals surface area (Å²) in [4.78, 5) is 13.2. The van der Waals surface area contributed by atoms with Gasteiger partial charge in [-0.2, -0.15) is 0 Å². The van der Waals surface area contributed by atoms with Gasteiger partial charge in [0.05, 0.1) is 18.3 Å². The van der Waals surface area contributed by atoms with Crippen LogP contribution in [0.1, 0.15) is 13.3 Å². The molecule has 0 bridgehead atoms. The summed E-state index contributed by atoms with van der Waals surface area (Å²) in [7, 11) is -2.06. The van der Waals surface area contributed by atoms with Gasteiger partial charge >= 0.3 is 0 Å². The number of methoxy groups -OCH3 is 1. The van der Waals surface area contributed by atoms with Crippen LogP contribution in [0.25, 0.3) is 0 Å². The molecule has 2 heterocycles. The van der Waals surface area contributed by atoms with Crippen molar-refractivity contribution < 1.29 is 17.9 Å². The summed E-state index contributed by atoms with van der Waals surface area (Å²) in [5.74, 6) is -0.0971. The number of sulfonamides is 1. The molecular formula is C15H20N2O4S. The van der Waals surface area contributed by atoms with E-state index in [0.29, 0.717) is 18.7 Å². The number of hydrogen-bond donors (Lipinski definition) is 0. The molecule has 7 heteroatoms. The number of rotatable bonds is 2. The van der Waals surface area contributed by atoms with Crippen molar-refractivity contribution >= 4 is 21.6 Å². The average molecular weight is 324 g/mol. The largest absolute Gasteiger partial charge is 0.378 e. The molecule has 1 aromatic carbocycles. The van der Waals surface area contributed by atoms with Crippen LogP contribution in [0.15, 0.2) is 30.3 Å². The van der Waals surface area contributed by atoms with Gasteiger partial charge < -0.3 is 9.64 Å². The van der Waals surface area contributed by atoms with E-state index in [1.807, 2.05) is 18.2 Å². The lowest BCUT2D eigenvalue weighted by Crippen LogP contribution is -2.49. The summed E-state index contributed by atoms with van der Waals surface area (Å²) in [5.41, 5.74) is 0.641. The molecular weight excluding hydrogens is 304 g/mol. The van der Waals surface area contributed by atoms with Crippen LogP contribution < -0.4 is 4.31 Å². The lowest BCUT2D eigenvalue weighted by Gasteiger charge is -2.28. The van der Waals surface area contributed by atoms with Crippen LogP contribution >= 0.6 is 0 Å². The molecule has 0 aromatic heterocycles. The molecule has 0 aliphatic carbocycles. The number of benzene rings is 1. The van der Waals surface area contributed by atoms with Gasteiger partial charge in [-0.1, -0.05) is 18.2 Å². The van der Waals surface area contributed by atoms with Gasteiger partial charge in [0.25, 0.3) is 0 Å². The number of likely N-dealkylation sites (tertiary alicyclic amines) is 1. The highest BCUT2D eigenvalue weighted by Crippen LogP contribution is 2.43. The van der Waals surface area contributed by atoms with Gasteiger partial charge in [0.15, 0.2) is 0 Å². The molecule has 1 amide bonds. The van der Waals surface area contributed by atoms with E-state index in [2.05, 4.69) is 0 Å². The summed E-state index contributed by atoms with van der Waals surface area (Å²) in [6.45, 7) is 2.41. The van der Waals surface area contributed by atoms with Crippen molar-refractivity contribution in [2.24, 2.45) is 0 Å². The zero-order valence-electron chi connectivity index (χ0n) is 12.7. The van der Waals surface area contributed by atoms with Crippen LogP contribution in [0.5, 0.6) is 0 Å². The highest BCUT2D eigenvalue weighted by atomic mass is 32.2. The Balaban J connectivity index is 2.02. The Bertz CT molecular complexity index is 676. The molecule has 0 radical (unpaired) electrons. The van der Waals surface area contributed by atoms with E-state index in [-0.39, 0.29) is 19.0 Å². The number of anilines is 1. The van der Waals surface area contributed by atoms with E-state index in [9.17, 15) is 13.2 Å². The first kappa shape index (κ1) is 15.3. The first-order valence-electron chi connectivity index (χ1n) is 7.28. The van der Waals surface area contributed by atoms with Gasteiger partial charge in [-0.3, -0.25) is 9.10 Å². The number of ether oxygens (including phenoxy) is 1.